The van der Waals surface area contributed by atoms with Gasteiger partial charge >= 0.3 is 0 Å². The fourth-order valence-electron chi connectivity index (χ4n) is 6.30. The molecule has 1 aliphatic heterocycles. The van der Waals surface area contributed by atoms with Crippen LogP contribution in [-0.4, -0.2) is 14.5 Å². The van der Waals surface area contributed by atoms with Crippen LogP contribution in [0.1, 0.15) is 0 Å². The third-order valence-corrected chi connectivity index (χ3v) is 8.42. The van der Waals surface area contributed by atoms with Crippen molar-refractivity contribution in [3.63, 3.8) is 0 Å². The number of aromatic nitrogens is 3. The molecule has 0 saturated heterocycles. The second-order valence-corrected chi connectivity index (χ2v) is 11.1. The standard InChI is InChI=1S/C40H25N3O/c1-3-10-27(11-4-1)33-25-34(28-12-5-2-6-13-28)42-40(41-33)29-20-18-26(19-21-29)30-22-23-35-32(24-30)31-14-9-17-38-39(31)43(35)36-15-7-8-16-37(36)44-38/h1-25H. The summed E-state index contributed by atoms with van der Waals surface area (Å²) >= 11 is 0. The molecule has 8 aromatic rings. The largest absolute Gasteiger partial charge is 0.453 e. The quantitative estimate of drug-likeness (QED) is 0.214. The molecule has 0 fully saturated rings. The second-order valence-electron chi connectivity index (χ2n) is 11.1. The van der Waals surface area contributed by atoms with Crippen LogP contribution < -0.4 is 4.74 Å². The third-order valence-electron chi connectivity index (χ3n) is 8.42. The Hall–Kier alpha value is -6.00. The van der Waals surface area contributed by atoms with E-state index >= 15 is 0 Å². The Kier molecular flexibility index (Phi) is 5.47. The molecule has 0 bridgehead atoms. The maximum atomic E-state index is 6.29. The van der Waals surface area contributed by atoms with Crippen molar-refractivity contribution in [2.75, 3.05) is 0 Å². The molecule has 0 saturated carbocycles. The van der Waals surface area contributed by atoms with Crippen molar-refractivity contribution in [3.8, 4) is 62.2 Å². The highest BCUT2D eigenvalue weighted by Gasteiger charge is 2.23. The Morgan fingerprint density at radius 3 is 1.77 bits per heavy atom. The number of nitrogens with zero attached hydrogens (tertiary/aromatic N) is 3. The fraction of sp³-hybridized carbons (Fsp3) is 0. The average molecular weight is 564 g/mol. The number of fused-ring (bicyclic) bond motifs is 5. The number of hydrogen-bond acceptors (Lipinski definition) is 3. The van der Waals surface area contributed by atoms with Gasteiger partial charge in [-0.3, -0.25) is 0 Å². The summed E-state index contributed by atoms with van der Waals surface area (Å²) in [6.45, 7) is 0. The minimum absolute atomic E-state index is 0.708. The van der Waals surface area contributed by atoms with Crippen LogP contribution in [0, 0.1) is 0 Å². The molecule has 0 aliphatic carbocycles. The molecule has 0 spiro atoms. The first-order valence-electron chi connectivity index (χ1n) is 14.8. The van der Waals surface area contributed by atoms with Crippen LogP contribution in [0.15, 0.2) is 152 Å². The predicted molar refractivity (Wildman–Crippen MR) is 178 cm³/mol. The van der Waals surface area contributed by atoms with Gasteiger partial charge in [0.2, 0.25) is 0 Å². The Morgan fingerprint density at radius 1 is 0.432 bits per heavy atom. The average Bonchev–Trinajstić information content (AvgIpc) is 3.44. The van der Waals surface area contributed by atoms with E-state index in [-0.39, 0.29) is 0 Å². The van der Waals surface area contributed by atoms with Crippen molar-refractivity contribution in [3.05, 3.63) is 152 Å². The summed E-state index contributed by atoms with van der Waals surface area (Å²) in [5, 5.41) is 2.39. The highest BCUT2D eigenvalue weighted by atomic mass is 16.5. The van der Waals surface area contributed by atoms with Crippen LogP contribution in [0.2, 0.25) is 0 Å². The molecular weight excluding hydrogens is 538 g/mol. The maximum Gasteiger partial charge on any atom is 0.160 e. The van der Waals surface area contributed by atoms with E-state index in [0.717, 1.165) is 61.9 Å². The summed E-state index contributed by atoms with van der Waals surface area (Å²) < 4.78 is 8.62. The number of hydrogen-bond donors (Lipinski definition) is 0. The molecule has 3 heterocycles. The van der Waals surface area contributed by atoms with E-state index in [0.29, 0.717) is 5.82 Å². The van der Waals surface area contributed by atoms with Crippen LogP contribution in [0.5, 0.6) is 11.5 Å². The second kappa shape index (κ2) is 9.79. The molecule has 2 aromatic heterocycles. The summed E-state index contributed by atoms with van der Waals surface area (Å²) in [6, 6.07) is 52.5. The van der Waals surface area contributed by atoms with Crippen LogP contribution in [0.4, 0.5) is 0 Å². The van der Waals surface area contributed by atoms with E-state index in [1.165, 1.54) is 16.3 Å². The molecule has 9 rings (SSSR count). The van der Waals surface area contributed by atoms with E-state index in [4.69, 9.17) is 14.7 Å². The van der Waals surface area contributed by atoms with Gasteiger partial charge in [0.25, 0.3) is 0 Å². The smallest absolute Gasteiger partial charge is 0.160 e. The van der Waals surface area contributed by atoms with Crippen molar-refractivity contribution in [1.82, 2.24) is 14.5 Å². The van der Waals surface area contributed by atoms with E-state index in [1.54, 1.807) is 0 Å². The lowest BCUT2D eigenvalue weighted by atomic mass is 10.0. The van der Waals surface area contributed by atoms with Gasteiger partial charge in [0.15, 0.2) is 17.3 Å². The minimum atomic E-state index is 0.708. The van der Waals surface area contributed by atoms with Crippen LogP contribution in [0.25, 0.3) is 72.5 Å². The fourth-order valence-corrected chi connectivity index (χ4v) is 6.30. The van der Waals surface area contributed by atoms with Gasteiger partial charge in [-0.2, -0.15) is 0 Å². The Balaban J connectivity index is 1.14. The number of para-hydroxylation sites is 3. The van der Waals surface area contributed by atoms with E-state index in [9.17, 15) is 0 Å². The van der Waals surface area contributed by atoms with E-state index in [2.05, 4.69) is 102 Å². The Labute approximate surface area is 254 Å². The lowest BCUT2D eigenvalue weighted by Gasteiger charge is -2.20. The van der Waals surface area contributed by atoms with Gasteiger partial charge in [0.05, 0.1) is 28.1 Å². The zero-order valence-corrected chi connectivity index (χ0v) is 23.7. The summed E-state index contributed by atoms with van der Waals surface area (Å²) in [7, 11) is 0. The Bertz CT molecular complexity index is 2280. The summed E-state index contributed by atoms with van der Waals surface area (Å²) in [5.41, 5.74) is 10.6. The third kappa shape index (κ3) is 3.92. The lowest BCUT2D eigenvalue weighted by molar-refractivity contribution is 0.476. The molecular formula is C40H25N3O. The zero-order valence-electron chi connectivity index (χ0n) is 23.7. The highest BCUT2D eigenvalue weighted by Crippen LogP contribution is 2.45. The number of benzene rings is 6. The normalized spacial score (nSPS) is 11.8. The van der Waals surface area contributed by atoms with Gasteiger partial charge in [-0.25, -0.2) is 9.97 Å². The van der Waals surface area contributed by atoms with Crippen molar-refractivity contribution in [2.24, 2.45) is 0 Å². The molecule has 44 heavy (non-hydrogen) atoms. The van der Waals surface area contributed by atoms with Crippen LogP contribution in [-0.2, 0) is 0 Å². The summed E-state index contributed by atoms with van der Waals surface area (Å²) in [4.78, 5) is 9.99. The van der Waals surface area contributed by atoms with Gasteiger partial charge in [-0.15, -0.1) is 0 Å². The summed E-state index contributed by atoms with van der Waals surface area (Å²) in [6.07, 6.45) is 0. The van der Waals surface area contributed by atoms with Crippen molar-refractivity contribution in [1.29, 1.82) is 0 Å². The molecule has 206 valence electrons. The molecule has 1 aliphatic rings. The molecule has 6 aromatic carbocycles. The topological polar surface area (TPSA) is 39.9 Å². The van der Waals surface area contributed by atoms with Gasteiger partial charge in [-0.1, -0.05) is 115 Å². The predicted octanol–water partition coefficient (Wildman–Crippen LogP) is 10.3. The molecule has 0 atom stereocenters. The zero-order chi connectivity index (χ0) is 29.0. The summed E-state index contributed by atoms with van der Waals surface area (Å²) in [5.74, 6) is 2.47. The van der Waals surface area contributed by atoms with Crippen LogP contribution in [0.3, 0.4) is 0 Å². The molecule has 4 heteroatoms. The highest BCUT2D eigenvalue weighted by molar-refractivity contribution is 6.13. The SMILES string of the molecule is c1ccc(-c2cc(-c3ccccc3)nc(-c3ccc(-c4ccc5c(c4)c4cccc6c4n5-c4ccccc4O6)cc3)n2)cc1. The van der Waals surface area contributed by atoms with Crippen molar-refractivity contribution < 1.29 is 4.74 Å². The van der Waals surface area contributed by atoms with Gasteiger partial charge < -0.3 is 9.30 Å². The number of rotatable bonds is 4. The monoisotopic (exact) mass is 563 g/mol. The molecule has 0 radical (unpaired) electrons. The van der Waals surface area contributed by atoms with E-state index < -0.39 is 0 Å². The van der Waals surface area contributed by atoms with Gasteiger partial charge in [0.1, 0.15) is 0 Å². The first kappa shape index (κ1) is 24.6. The molecule has 0 unspecified atom stereocenters. The van der Waals surface area contributed by atoms with E-state index in [1.807, 2.05) is 54.6 Å². The number of ether oxygens (including phenoxy) is 1. The Morgan fingerprint density at radius 2 is 1.05 bits per heavy atom. The molecule has 0 amide bonds. The van der Waals surface area contributed by atoms with Gasteiger partial charge in [-0.05, 0) is 47.5 Å². The van der Waals surface area contributed by atoms with Gasteiger partial charge in [0, 0.05) is 27.5 Å². The maximum absolute atomic E-state index is 6.29. The molecule has 0 N–H and O–H groups in total. The lowest BCUT2D eigenvalue weighted by Crippen LogP contribution is -2.03. The first-order valence-corrected chi connectivity index (χ1v) is 14.8. The first-order chi connectivity index (χ1) is 21.8. The minimum Gasteiger partial charge on any atom is -0.453 e. The van der Waals surface area contributed by atoms with Crippen molar-refractivity contribution >= 4 is 21.8 Å². The molecule has 4 nitrogen and oxygen atoms in total. The van der Waals surface area contributed by atoms with Crippen molar-refractivity contribution in [2.45, 2.75) is 0 Å². The van der Waals surface area contributed by atoms with Crippen LogP contribution >= 0.6 is 0 Å².